The number of methoxy groups -OCH3 is 1. The van der Waals surface area contributed by atoms with Crippen molar-refractivity contribution in [2.45, 2.75) is 19.4 Å². The smallest absolute Gasteiger partial charge is 0.177 e. The van der Waals surface area contributed by atoms with Gasteiger partial charge >= 0.3 is 0 Å². The summed E-state index contributed by atoms with van der Waals surface area (Å²) in [5.74, 6) is 0. The number of aryl methyl sites for hydroxylation is 1. The zero-order valence-electron chi connectivity index (χ0n) is 7.20. The van der Waals surface area contributed by atoms with E-state index in [2.05, 4.69) is 13.0 Å². The van der Waals surface area contributed by atoms with E-state index in [0.717, 1.165) is 11.3 Å². The molecule has 0 aromatic carbocycles. The van der Waals surface area contributed by atoms with Crippen LogP contribution < -0.4 is 0 Å². The van der Waals surface area contributed by atoms with Crippen molar-refractivity contribution in [3.05, 3.63) is 21.9 Å². The molecule has 0 aliphatic carbocycles. The number of hydrogen-bond acceptors (Lipinski definition) is 3. The zero-order valence-corrected chi connectivity index (χ0v) is 8.02. The summed E-state index contributed by atoms with van der Waals surface area (Å²) in [5, 5.41) is 8.69. The predicted octanol–water partition coefficient (Wildman–Crippen LogP) is 2.52. The highest BCUT2D eigenvalue weighted by molar-refractivity contribution is 7.12. The fraction of sp³-hybridized carbons (Fsp3) is 0.444. The third kappa shape index (κ3) is 1.84. The highest BCUT2D eigenvalue weighted by Gasteiger charge is 2.10. The summed E-state index contributed by atoms with van der Waals surface area (Å²) in [6.07, 6.45) is 0.627. The van der Waals surface area contributed by atoms with Crippen molar-refractivity contribution in [2.75, 3.05) is 7.11 Å². The summed E-state index contributed by atoms with van der Waals surface area (Å²) in [6, 6.07) is 6.10. The number of nitrogens with zero attached hydrogens (tertiary/aromatic N) is 1. The molecule has 12 heavy (non-hydrogen) atoms. The average Bonchev–Trinajstić information content (AvgIpc) is 2.55. The van der Waals surface area contributed by atoms with Gasteiger partial charge in [-0.05, 0) is 18.6 Å². The van der Waals surface area contributed by atoms with Crippen LogP contribution in [0.5, 0.6) is 0 Å². The van der Waals surface area contributed by atoms with Crippen molar-refractivity contribution in [2.24, 2.45) is 0 Å². The van der Waals surface area contributed by atoms with E-state index in [9.17, 15) is 0 Å². The molecule has 0 aliphatic heterocycles. The summed E-state index contributed by atoms with van der Waals surface area (Å²) < 4.78 is 4.99. The summed E-state index contributed by atoms with van der Waals surface area (Å²) >= 11 is 1.64. The maximum atomic E-state index is 8.69. The first-order chi connectivity index (χ1) is 5.81. The normalized spacial score (nSPS) is 12.4. The van der Waals surface area contributed by atoms with Gasteiger partial charge in [0.05, 0.1) is 0 Å². The summed E-state index contributed by atoms with van der Waals surface area (Å²) in [7, 11) is 1.55. The molecule has 0 radical (unpaired) electrons. The van der Waals surface area contributed by atoms with Crippen LogP contribution in [-0.4, -0.2) is 7.11 Å². The molecule has 0 spiro atoms. The molecule has 1 aromatic rings. The molecule has 1 atom stereocenters. The molecule has 0 fully saturated rings. The SMILES string of the molecule is CCc1ccc(C(C#N)OC)s1. The molecule has 1 aromatic heterocycles. The van der Waals surface area contributed by atoms with Gasteiger partial charge in [0.2, 0.25) is 0 Å². The highest BCUT2D eigenvalue weighted by Crippen LogP contribution is 2.25. The largest absolute Gasteiger partial charge is 0.361 e. The zero-order chi connectivity index (χ0) is 8.97. The van der Waals surface area contributed by atoms with Crippen LogP contribution in [0.4, 0.5) is 0 Å². The standard InChI is InChI=1S/C9H11NOS/c1-3-7-4-5-9(12-7)8(6-10)11-2/h4-5,8H,3H2,1-2H3. The van der Waals surface area contributed by atoms with Crippen LogP contribution >= 0.6 is 11.3 Å². The minimum Gasteiger partial charge on any atom is -0.361 e. The molecule has 0 N–H and O–H groups in total. The maximum Gasteiger partial charge on any atom is 0.177 e. The first kappa shape index (κ1) is 9.24. The molecule has 0 bridgehead atoms. The molecule has 1 unspecified atom stereocenters. The van der Waals surface area contributed by atoms with Crippen molar-refractivity contribution in [1.82, 2.24) is 0 Å². The topological polar surface area (TPSA) is 33.0 Å². The van der Waals surface area contributed by atoms with Crippen LogP contribution in [0.25, 0.3) is 0 Å². The lowest BCUT2D eigenvalue weighted by molar-refractivity contribution is 0.151. The number of hydrogen-bond donors (Lipinski definition) is 0. The number of ether oxygens (including phenoxy) is 1. The van der Waals surface area contributed by atoms with E-state index in [0.29, 0.717) is 0 Å². The van der Waals surface area contributed by atoms with E-state index >= 15 is 0 Å². The molecule has 2 nitrogen and oxygen atoms in total. The number of thiophene rings is 1. The number of rotatable bonds is 3. The monoisotopic (exact) mass is 181 g/mol. The van der Waals surface area contributed by atoms with E-state index in [1.165, 1.54) is 4.88 Å². The van der Waals surface area contributed by atoms with E-state index in [1.807, 2.05) is 12.1 Å². The quantitative estimate of drug-likeness (QED) is 0.717. The Morgan fingerprint density at radius 3 is 2.83 bits per heavy atom. The van der Waals surface area contributed by atoms with Gasteiger partial charge in [-0.1, -0.05) is 6.92 Å². The first-order valence-corrected chi connectivity index (χ1v) is 4.64. The Balaban J connectivity index is 2.81. The first-order valence-electron chi connectivity index (χ1n) is 3.82. The molecule has 0 saturated heterocycles. The van der Waals surface area contributed by atoms with Crippen molar-refractivity contribution in [3.8, 4) is 6.07 Å². The van der Waals surface area contributed by atoms with Crippen LogP contribution in [0, 0.1) is 11.3 Å². The molecule has 1 heterocycles. The lowest BCUT2D eigenvalue weighted by Gasteiger charge is -2.01. The molecule has 0 aliphatic rings. The van der Waals surface area contributed by atoms with Crippen LogP contribution in [0.1, 0.15) is 22.8 Å². The summed E-state index contributed by atoms with van der Waals surface area (Å²) in [4.78, 5) is 2.29. The van der Waals surface area contributed by atoms with Crippen molar-refractivity contribution >= 4 is 11.3 Å². The van der Waals surface area contributed by atoms with Gasteiger partial charge in [0.1, 0.15) is 6.07 Å². The summed E-state index contributed by atoms with van der Waals surface area (Å²) in [6.45, 7) is 2.10. The van der Waals surface area contributed by atoms with Crippen molar-refractivity contribution in [3.63, 3.8) is 0 Å². The second-order valence-corrected chi connectivity index (χ2v) is 3.60. The van der Waals surface area contributed by atoms with Crippen LogP contribution in [0.2, 0.25) is 0 Å². The third-order valence-corrected chi connectivity index (χ3v) is 2.92. The Labute approximate surface area is 76.4 Å². The van der Waals surface area contributed by atoms with Gasteiger partial charge < -0.3 is 4.74 Å². The predicted molar refractivity (Wildman–Crippen MR) is 49.1 cm³/mol. The van der Waals surface area contributed by atoms with E-state index in [1.54, 1.807) is 18.4 Å². The molecule has 0 amide bonds. The lowest BCUT2D eigenvalue weighted by atomic mass is 10.3. The van der Waals surface area contributed by atoms with Crippen LogP contribution in [0.3, 0.4) is 0 Å². The molecule has 0 saturated carbocycles. The second-order valence-electron chi connectivity index (χ2n) is 2.40. The van der Waals surface area contributed by atoms with Gasteiger partial charge in [-0.2, -0.15) is 5.26 Å². The average molecular weight is 181 g/mol. The Morgan fingerprint density at radius 1 is 1.67 bits per heavy atom. The number of nitriles is 1. The minimum absolute atomic E-state index is 0.393. The molecule has 1 rings (SSSR count). The van der Waals surface area contributed by atoms with E-state index in [-0.39, 0.29) is 0 Å². The van der Waals surface area contributed by atoms with Crippen LogP contribution in [-0.2, 0) is 11.2 Å². The van der Waals surface area contributed by atoms with Gasteiger partial charge in [0.25, 0.3) is 0 Å². The second kappa shape index (κ2) is 4.24. The molecular weight excluding hydrogens is 170 g/mol. The lowest BCUT2D eigenvalue weighted by Crippen LogP contribution is -1.93. The Bertz CT molecular complexity index is 287. The van der Waals surface area contributed by atoms with Gasteiger partial charge in [-0.3, -0.25) is 0 Å². The fourth-order valence-corrected chi connectivity index (χ4v) is 1.93. The fourth-order valence-electron chi connectivity index (χ4n) is 0.958. The Kier molecular flexibility index (Phi) is 3.27. The molecular formula is C9H11NOS. The summed E-state index contributed by atoms with van der Waals surface area (Å²) in [5.41, 5.74) is 0. The van der Waals surface area contributed by atoms with Gasteiger partial charge in [-0.15, -0.1) is 11.3 Å². The van der Waals surface area contributed by atoms with Crippen molar-refractivity contribution < 1.29 is 4.74 Å². The van der Waals surface area contributed by atoms with Crippen LogP contribution in [0.15, 0.2) is 12.1 Å². The van der Waals surface area contributed by atoms with E-state index in [4.69, 9.17) is 10.00 Å². The highest BCUT2D eigenvalue weighted by atomic mass is 32.1. The third-order valence-electron chi connectivity index (χ3n) is 1.64. The van der Waals surface area contributed by atoms with Gasteiger partial charge in [0.15, 0.2) is 6.10 Å². The molecule has 64 valence electrons. The van der Waals surface area contributed by atoms with Gasteiger partial charge in [0, 0.05) is 16.9 Å². The molecule has 3 heteroatoms. The maximum absolute atomic E-state index is 8.69. The van der Waals surface area contributed by atoms with E-state index < -0.39 is 6.10 Å². The Hall–Kier alpha value is -0.850. The van der Waals surface area contributed by atoms with Gasteiger partial charge in [-0.25, -0.2) is 0 Å². The van der Waals surface area contributed by atoms with Crippen molar-refractivity contribution in [1.29, 1.82) is 5.26 Å². The minimum atomic E-state index is -0.393. The Morgan fingerprint density at radius 2 is 2.42 bits per heavy atom.